The van der Waals surface area contributed by atoms with Crippen molar-refractivity contribution < 1.29 is 9.13 Å². The molecule has 0 bridgehead atoms. The van der Waals surface area contributed by atoms with Crippen molar-refractivity contribution >= 4 is 31.9 Å². The fourth-order valence-electron chi connectivity index (χ4n) is 1.16. The van der Waals surface area contributed by atoms with Crippen molar-refractivity contribution in [3.63, 3.8) is 0 Å². The van der Waals surface area contributed by atoms with Crippen LogP contribution >= 0.6 is 31.9 Å². The molecule has 0 aliphatic carbocycles. The van der Waals surface area contributed by atoms with E-state index < -0.39 is 9.59 Å². The average Bonchev–Trinajstić information content (AvgIpc) is 2.24. The molecule has 0 aromatic heterocycles. The predicted octanol–water partition coefficient (Wildman–Crippen LogP) is 3.53. The van der Waals surface area contributed by atoms with Crippen molar-refractivity contribution in [3.05, 3.63) is 29.8 Å². The summed E-state index contributed by atoms with van der Waals surface area (Å²) in [4.78, 5) is -0.443. The van der Waals surface area contributed by atoms with Gasteiger partial charge in [-0.1, -0.05) is 34.1 Å². The van der Waals surface area contributed by atoms with E-state index in [0.717, 1.165) is 5.56 Å². The molecule has 1 aromatic carbocycles. The summed E-state index contributed by atoms with van der Waals surface area (Å²) in [7, 11) is 0. The third-order valence-electron chi connectivity index (χ3n) is 1.73. The van der Waals surface area contributed by atoms with Crippen molar-refractivity contribution in [1.29, 1.82) is 0 Å². The minimum Gasteiger partial charge on any atom is -0.447 e. The quantitative estimate of drug-likeness (QED) is 0.665. The van der Waals surface area contributed by atoms with Crippen LogP contribution in [0.4, 0.5) is 4.39 Å². The van der Waals surface area contributed by atoms with E-state index in [2.05, 4.69) is 31.9 Å². The van der Waals surface area contributed by atoms with Gasteiger partial charge in [-0.2, -0.15) is 4.39 Å². The summed E-state index contributed by atoms with van der Waals surface area (Å²) in [5.41, 5.74) is 0.830. The van der Waals surface area contributed by atoms with Crippen LogP contribution in [-0.2, 0) is 0 Å². The molecule has 64 valence electrons. The number of hydrogen-bond donors (Lipinski definition) is 0. The van der Waals surface area contributed by atoms with Gasteiger partial charge in [0.2, 0.25) is 0 Å². The van der Waals surface area contributed by atoms with Gasteiger partial charge in [0.1, 0.15) is 10.6 Å². The predicted molar refractivity (Wildman–Crippen MR) is 51.5 cm³/mol. The summed E-state index contributed by atoms with van der Waals surface area (Å²) in [5.74, 6) is 0.582. The van der Waals surface area contributed by atoms with E-state index in [1.807, 2.05) is 18.2 Å². The van der Waals surface area contributed by atoms with Gasteiger partial charge in [0, 0.05) is 21.5 Å². The highest BCUT2D eigenvalue weighted by molar-refractivity contribution is 9.12. The first-order valence-electron chi connectivity index (χ1n) is 3.41. The van der Waals surface area contributed by atoms with Crippen LogP contribution in [0.25, 0.3) is 0 Å². The molecular weight excluding hydrogens is 291 g/mol. The van der Waals surface area contributed by atoms with E-state index in [1.54, 1.807) is 6.07 Å². The summed E-state index contributed by atoms with van der Waals surface area (Å²) in [5, 5.41) is 0. The molecule has 0 radical (unpaired) electrons. The van der Waals surface area contributed by atoms with Gasteiger partial charge in [-0.15, -0.1) is 0 Å². The number of benzene rings is 1. The first-order valence-corrected chi connectivity index (χ1v) is 5.12. The topological polar surface area (TPSA) is 9.23 Å². The minimum absolute atomic E-state index is 0.443. The molecule has 0 saturated heterocycles. The van der Waals surface area contributed by atoms with E-state index in [9.17, 15) is 4.39 Å². The lowest BCUT2D eigenvalue weighted by Crippen LogP contribution is -2.20. The van der Waals surface area contributed by atoms with E-state index >= 15 is 0 Å². The van der Waals surface area contributed by atoms with E-state index in [4.69, 9.17) is 4.74 Å². The van der Waals surface area contributed by atoms with Crippen LogP contribution in [0.5, 0.6) is 5.75 Å². The van der Waals surface area contributed by atoms with Crippen LogP contribution < -0.4 is 4.74 Å². The van der Waals surface area contributed by atoms with Crippen molar-refractivity contribution in [2.45, 2.75) is 9.59 Å². The van der Waals surface area contributed by atoms with Crippen LogP contribution in [0, 0.1) is 0 Å². The zero-order valence-corrected chi connectivity index (χ0v) is 9.10. The van der Waals surface area contributed by atoms with Gasteiger partial charge in [0.25, 0.3) is 0 Å². The Morgan fingerprint density at radius 3 is 2.75 bits per heavy atom. The number of halogens is 3. The largest absolute Gasteiger partial charge is 0.447 e. The van der Waals surface area contributed by atoms with Crippen molar-refractivity contribution in [2.24, 2.45) is 0 Å². The molecule has 0 saturated carbocycles. The summed E-state index contributed by atoms with van der Waals surface area (Å²) < 4.78 is 16.6. The molecule has 4 heteroatoms. The summed E-state index contributed by atoms with van der Waals surface area (Å²) in [6.07, 6.45) is 0. The number of alkyl halides is 3. The molecule has 1 aromatic rings. The van der Waals surface area contributed by atoms with Gasteiger partial charge in [0.15, 0.2) is 0 Å². The zero-order valence-electron chi connectivity index (χ0n) is 5.93. The maximum Gasteiger partial charge on any atom is 0.321 e. The third kappa shape index (κ3) is 1.17. The van der Waals surface area contributed by atoms with Crippen LogP contribution in [0.2, 0.25) is 0 Å². The maximum atomic E-state index is 13.4. The molecule has 0 unspecified atom stereocenters. The Morgan fingerprint density at radius 1 is 1.42 bits per heavy atom. The first kappa shape index (κ1) is 8.51. The van der Waals surface area contributed by atoms with E-state index in [0.29, 0.717) is 5.75 Å². The minimum atomic E-state index is -1.81. The van der Waals surface area contributed by atoms with Crippen molar-refractivity contribution in [1.82, 2.24) is 0 Å². The number of ether oxygens (including phenoxy) is 1. The fourth-order valence-corrected chi connectivity index (χ4v) is 2.05. The molecule has 1 heterocycles. The highest BCUT2D eigenvalue weighted by atomic mass is 79.9. The molecule has 12 heavy (non-hydrogen) atoms. The fraction of sp³-hybridized carbons (Fsp3) is 0.250. The molecule has 1 aliphatic heterocycles. The van der Waals surface area contributed by atoms with Gasteiger partial charge < -0.3 is 4.74 Å². The smallest absolute Gasteiger partial charge is 0.321 e. The zero-order chi connectivity index (χ0) is 8.77. The number of para-hydroxylation sites is 1. The average molecular weight is 296 g/mol. The summed E-state index contributed by atoms with van der Waals surface area (Å²) in [6.45, 7) is 0. The summed E-state index contributed by atoms with van der Waals surface area (Å²) in [6, 6.07) is 7.24. The molecule has 0 fully saturated rings. The Labute approximate surface area is 86.2 Å². The Kier molecular flexibility index (Phi) is 1.92. The lowest BCUT2D eigenvalue weighted by molar-refractivity contribution is 0.0595. The second-order valence-corrected chi connectivity index (χ2v) is 4.56. The normalized spacial score (nSPS) is 32.8. The number of fused-ring (bicyclic) bond motifs is 1. The van der Waals surface area contributed by atoms with Gasteiger partial charge in [-0.25, -0.2) is 0 Å². The molecule has 0 N–H and O–H groups in total. The van der Waals surface area contributed by atoms with Gasteiger partial charge in [0.05, 0.1) is 0 Å². The van der Waals surface area contributed by atoms with Crippen molar-refractivity contribution in [3.8, 4) is 5.75 Å². The maximum absolute atomic E-state index is 13.4. The molecular formula is C8H5Br2FO. The Morgan fingerprint density at radius 2 is 2.08 bits per heavy atom. The van der Waals surface area contributed by atoms with Crippen LogP contribution in [-0.4, -0.2) is 4.76 Å². The highest BCUT2D eigenvalue weighted by Gasteiger charge is 2.45. The monoisotopic (exact) mass is 294 g/mol. The Hall–Kier alpha value is -0.0900. The second-order valence-electron chi connectivity index (χ2n) is 2.56. The van der Waals surface area contributed by atoms with Gasteiger partial charge in [-0.3, -0.25) is 0 Å². The number of hydrogen-bond acceptors (Lipinski definition) is 1. The molecule has 0 amide bonds. The highest BCUT2D eigenvalue weighted by Crippen LogP contribution is 2.52. The molecule has 2 rings (SSSR count). The van der Waals surface area contributed by atoms with Crippen LogP contribution in [0.15, 0.2) is 24.3 Å². The van der Waals surface area contributed by atoms with Crippen molar-refractivity contribution in [2.75, 3.05) is 0 Å². The second kappa shape index (κ2) is 2.70. The van der Waals surface area contributed by atoms with E-state index in [1.165, 1.54) is 0 Å². The SMILES string of the molecule is F[C@]1(Br)Oc2ccccc2[C@@H]1Br. The standard InChI is InChI=1S/C8H5Br2FO/c9-7-5-3-1-2-4-6(5)12-8(7,10)11/h1-4,7H/t7-,8-/m0/s1. The lowest BCUT2D eigenvalue weighted by Gasteiger charge is -2.13. The van der Waals surface area contributed by atoms with Gasteiger partial charge >= 0.3 is 4.76 Å². The van der Waals surface area contributed by atoms with Gasteiger partial charge in [-0.05, 0) is 6.07 Å². The first-order chi connectivity index (χ1) is 5.61. The van der Waals surface area contributed by atoms with Crippen LogP contribution in [0.3, 0.4) is 0 Å². The summed E-state index contributed by atoms with van der Waals surface area (Å²) >= 11 is 6.06. The molecule has 1 nitrogen and oxygen atoms in total. The Balaban J connectivity index is 2.49. The third-order valence-corrected chi connectivity index (χ3v) is 4.05. The lowest BCUT2D eigenvalue weighted by atomic mass is 10.2. The Bertz CT molecular complexity index is 314. The molecule has 0 spiro atoms. The van der Waals surface area contributed by atoms with Crippen LogP contribution in [0.1, 0.15) is 10.4 Å². The molecule has 2 atom stereocenters. The number of rotatable bonds is 0. The van der Waals surface area contributed by atoms with E-state index in [-0.39, 0.29) is 0 Å². The molecule has 1 aliphatic rings.